The molecule has 0 saturated heterocycles. The van der Waals surface area contributed by atoms with Crippen LogP contribution in [0.2, 0.25) is 0 Å². The number of benzene rings is 1. The number of hydrogen-bond acceptors (Lipinski definition) is 3. The first-order chi connectivity index (χ1) is 10.4. The fourth-order valence-corrected chi connectivity index (χ4v) is 1.68. The predicted octanol–water partition coefficient (Wildman–Crippen LogP) is 4.60. The number of nitrogens with one attached hydrogen (secondary N) is 1. The number of rotatable bonds is 4. The molecule has 22 heavy (non-hydrogen) atoms. The lowest BCUT2D eigenvalue weighted by Crippen LogP contribution is -2.05. The third kappa shape index (κ3) is 4.73. The van der Waals surface area contributed by atoms with Crippen LogP contribution in [0.1, 0.15) is 18.1 Å². The molecular weight excluding hydrogens is 291 g/mol. The number of hydrogen-bond donors (Lipinski definition) is 1. The van der Waals surface area contributed by atoms with Crippen LogP contribution in [0.25, 0.3) is 6.08 Å². The maximum Gasteiger partial charge on any atom is 0.417 e. The highest BCUT2D eigenvalue weighted by Gasteiger charge is 2.30. The van der Waals surface area contributed by atoms with E-state index in [9.17, 15) is 13.2 Å². The highest BCUT2D eigenvalue weighted by atomic mass is 19.4. The van der Waals surface area contributed by atoms with E-state index in [-0.39, 0.29) is 5.82 Å². The summed E-state index contributed by atoms with van der Waals surface area (Å²) in [7, 11) is 0. The number of aromatic nitrogens is 1. The Bertz CT molecular complexity index is 659. The van der Waals surface area contributed by atoms with Gasteiger partial charge in [0.05, 0.1) is 11.8 Å². The molecule has 0 aliphatic rings. The van der Waals surface area contributed by atoms with Crippen LogP contribution < -0.4 is 5.43 Å². The van der Waals surface area contributed by atoms with Gasteiger partial charge in [-0.2, -0.15) is 18.3 Å². The van der Waals surface area contributed by atoms with Gasteiger partial charge in [-0.1, -0.05) is 36.4 Å². The molecular formula is C16H14F3N3. The van der Waals surface area contributed by atoms with Crippen molar-refractivity contribution in [2.45, 2.75) is 13.1 Å². The Balaban J connectivity index is 1.96. The molecule has 0 unspecified atom stereocenters. The second-order valence-corrected chi connectivity index (χ2v) is 4.60. The molecule has 2 rings (SSSR count). The molecule has 1 heterocycles. The van der Waals surface area contributed by atoms with Crippen LogP contribution in [0.4, 0.5) is 19.0 Å². The molecule has 3 nitrogen and oxygen atoms in total. The van der Waals surface area contributed by atoms with Gasteiger partial charge in [-0.3, -0.25) is 5.43 Å². The summed E-state index contributed by atoms with van der Waals surface area (Å²) >= 11 is 0. The molecule has 0 bridgehead atoms. The van der Waals surface area contributed by atoms with Crippen molar-refractivity contribution in [3.8, 4) is 0 Å². The molecule has 114 valence electrons. The molecule has 0 fully saturated rings. The van der Waals surface area contributed by atoms with Crippen molar-refractivity contribution in [3.05, 3.63) is 65.4 Å². The van der Waals surface area contributed by atoms with Crippen LogP contribution in [-0.4, -0.2) is 11.2 Å². The second-order valence-electron chi connectivity index (χ2n) is 4.60. The third-order valence-electron chi connectivity index (χ3n) is 2.73. The summed E-state index contributed by atoms with van der Waals surface area (Å²) in [6.07, 6.45) is -0.105. The molecule has 0 aliphatic heterocycles. The summed E-state index contributed by atoms with van der Waals surface area (Å²) in [5, 5.41) is 3.94. The van der Waals surface area contributed by atoms with Gasteiger partial charge >= 0.3 is 6.18 Å². The quantitative estimate of drug-likeness (QED) is 0.662. The minimum Gasteiger partial charge on any atom is -0.261 e. The largest absolute Gasteiger partial charge is 0.417 e. The van der Waals surface area contributed by atoms with E-state index < -0.39 is 11.7 Å². The average molecular weight is 305 g/mol. The summed E-state index contributed by atoms with van der Waals surface area (Å²) in [6, 6.07) is 11.9. The highest BCUT2D eigenvalue weighted by Crippen LogP contribution is 2.28. The first kappa shape index (κ1) is 15.8. The minimum atomic E-state index is -4.39. The molecule has 0 saturated carbocycles. The average Bonchev–Trinajstić information content (AvgIpc) is 2.48. The van der Waals surface area contributed by atoms with Gasteiger partial charge < -0.3 is 0 Å². The molecule has 0 spiro atoms. The zero-order valence-electron chi connectivity index (χ0n) is 11.8. The summed E-state index contributed by atoms with van der Waals surface area (Å²) in [5.41, 5.74) is 3.74. The number of halogens is 3. The van der Waals surface area contributed by atoms with Crippen molar-refractivity contribution in [1.82, 2.24) is 4.98 Å². The van der Waals surface area contributed by atoms with Crippen LogP contribution in [-0.2, 0) is 6.18 Å². The van der Waals surface area contributed by atoms with E-state index >= 15 is 0 Å². The van der Waals surface area contributed by atoms with Crippen LogP contribution >= 0.6 is 0 Å². The molecule has 1 N–H and O–H groups in total. The Morgan fingerprint density at radius 2 is 1.86 bits per heavy atom. The molecule has 6 heteroatoms. The predicted molar refractivity (Wildman–Crippen MR) is 81.4 cm³/mol. The van der Waals surface area contributed by atoms with E-state index in [4.69, 9.17) is 0 Å². The number of nitrogens with zero attached hydrogens (tertiary/aromatic N) is 2. The summed E-state index contributed by atoms with van der Waals surface area (Å²) in [5.74, 6) is 0.247. The van der Waals surface area contributed by atoms with E-state index in [1.807, 2.05) is 43.3 Å². The van der Waals surface area contributed by atoms with Gasteiger partial charge in [0.25, 0.3) is 0 Å². The monoisotopic (exact) mass is 305 g/mol. The van der Waals surface area contributed by atoms with E-state index in [0.29, 0.717) is 0 Å². The Morgan fingerprint density at radius 1 is 1.14 bits per heavy atom. The number of alkyl halides is 3. The SMILES string of the molecule is CC(/C=N/Nc1ccc(C(F)(F)F)cn1)=C\c1ccccc1. The van der Waals surface area contributed by atoms with Gasteiger partial charge in [0.1, 0.15) is 5.82 Å². The van der Waals surface area contributed by atoms with Crippen LogP contribution in [0, 0.1) is 0 Å². The number of hydrazone groups is 1. The topological polar surface area (TPSA) is 37.3 Å². The van der Waals surface area contributed by atoms with Crippen LogP contribution in [0.3, 0.4) is 0 Å². The molecule has 1 aromatic carbocycles. The summed E-state index contributed by atoms with van der Waals surface area (Å²) < 4.78 is 37.2. The van der Waals surface area contributed by atoms with Crippen molar-refractivity contribution in [2.75, 3.05) is 5.43 Å². The zero-order valence-corrected chi connectivity index (χ0v) is 11.8. The second kappa shape index (κ2) is 6.89. The smallest absolute Gasteiger partial charge is 0.261 e. The summed E-state index contributed by atoms with van der Waals surface area (Å²) in [6.45, 7) is 1.87. The molecule has 0 aliphatic carbocycles. The Kier molecular flexibility index (Phi) is 4.93. The first-order valence-electron chi connectivity index (χ1n) is 6.51. The van der Waals surface area contributed by atoms with Crippen molar-refractivity contribution < 1.29 is 13.2 Å². The fraction of sp³-hybridized carbons (Fsp3) is 0.125. The Morgan fingerprint density at radius 3 is 2.45 bits per heavy atom. The highest BCUT2D eigenvalue weighted by molar-refractivity contribution is 5.85. The Hall–Kier alpha value is -2.63. The van der Waals surface area contributed by atoms with E-state index in [1.165, 1.54) is 6.07 Å². The number of anilines is 1. The maximum atomic E-state index is 12.4. The molecule has 0 amide bonds. The molecule has 0 radical (unpaired) electrons. The van der Waals surface area contributed by atoms with Crippen molar-refractivity contribution in [1.29, 1.82) is 0 Å². The minimum absolute atomic E-state index is 0.247. The van der Waals surface area contributed by atoms with Gasteiger partial charge in [-0.15, -0.1) is 0 Å². The van der Waals surface area contributed by atoms with Crippen LogP contribution in [0.5, 0.6) is 0 Å². The zero-order chi connectivity index (χ0) is 16.0. The number of pyridine rings is 1. The van der Waals surface area contributed by atoms with Crippen LogP contribution in [0.15, 0.2) is 59.3 Å². The summed E-state index contributed by atoms with van der Waals surface area (Å²) in [4.78, 5) is 3.66. The van der Waals surface area contributed by atoms with Gasteiger partial charge in [0.15, 0.2) is 0 Å². The van der Waals surface area contributed by atoms with Gasteiger partial charge in [-0.25, -0.2) is 4.98 Å². The van der Waals surface area contributed by atoms with E-state index in [1.54, 1.807) is 6.21 Å². The van der Waals surface area contributed by atoms with Crippen molar-refractivity contribution >= 4 is 18.1 Å². The van der Waals surface area contributed by atoms with E-state index in [0.717, 1.165) is 23.4 Å². The Labute approximate surface area is 126 Å². The first-order valence-corrected chi connectivity index (χ1v) is 6.51. The molecule has 0 atom stereocenters. The lowest BCUT2D eigenvalue weighted by Gasteiger charge is -2.06. The molecule has 2 aromatic rings. The third-order valence-corrected chi connectivity index (χ3v) is 2.73. The lowest BCUT2D eigenvalue weighted by atomic mass is 10.1. The van der Waals surface area contributed by atoms with Crippen molar-refractivity contribution in [3.63, 3.8) is 0 Å². The van der Waals surface area contributed by atoms with Crippen molar-refractivity contribution in [2.24, 2.45) is 5.10 Å². The standard InChI is InChI=1S/C16H14F3N3/c1-12(9-13-5-3-2-4-6-13)10-21-22-15-8-7-14(11-20-15)16(17,18)19/h2-11H,1H3,(H,20,22)/b12-9+,21-10+. The normalized spacial score (nSPS) is 12.6. The van der Waals surface area contributed by atoms with Gasteiger partial charge in [0.2, 0.25) is 0 Å². The lowest BCUT2D eigenvalue weighted by molar-refractivity contribution is -0.137. The van der Waals surface area contributed by atoms with Gasteiger partial charge in [0, 0.05) is 6.20 Å². The maximum absolute atomic E-state index is 12.4. The molecule has 1 aromatic heterocycles. The van der Waals surface area contributed by atoms with E-state index in [2.05, 4.69) is 15.5 Å². The fourth-order valence-electron chi connectivity index (χ4n) is 1.68. The number of allylic oxidation sites excluding steroid dienone is 1. The van der Waals surface area contributed by atoms with Gasteiger partial charge in [-0.05, 0) is 30.2 Å².